The molecule has 0 saturated heterocycles. The summed E-state index contributed by atoms with van der Waals surface area (Å²) in [5, 5.41) is 12.2. The smallest absolute Gasteiger partial charge is 0.147 e. The molecule has 1 aromatic carbocycles. The zero-order valence-electron chi connectivity index (χ0n) is 10.1. The lowest BCUT2D eigenvalue weighted by atomic mass is 9.90. The van der Waals surface area contributed by atoms with Crippen molar-refractivity contribution < 1.29 is 4.39 Å². The normalized spacial score (nSPS) is 11.0. The molecule has 0 fully saturated rings. The second kappa shape index (κ2) is 5.88. The average Bonchev–Trinajstić information content (AvgIpc) is 2.27. The number of nitrogens with zero attached hydrogens (tertiary/aromatic N) is 1. The zero-order chi connectivity index (χ0) is 12.9. The molecule has 0 heterocycles. The molecular weight excluding hydrogens is 239 g/mol. The molecule has 2 nitrogen and oxygen atoms in total. The molecule has 0 atom stereocenters. The molecule has 0 spiro atoms. The fraction of sp³-hybridized carbons (Fsp3) is 0.462. The first kappa shape index (κ1) is 13.8. The molecule has 0 aliphatic carbocycles. The Morgan fingerprint density at radius 1 is 1.47 bits per heavy atom. The Morgan fingerprint density at radius 2 is 2.18 bits per heavy atom. The lowest BCUT2D eigenvalue weighted by molar-refractivity contribution is 0.441. The predicted molar refractivity (Wildman–Crippen MR) is 68.5 cm³/mol. The van der Waals surface area contributed by atoms with E-state index in [1.165, 1.54) is 6.07 Å². The van der Waals surface area contributed by atoms with E-state index in [2.05, 4.69) is 11.4 Å². The van der Waals surface area contributed by atoms with Crippen LogP contribution in [0.5, 0.6) is 0 Å². The molecule has 0 amide bonds. The van der Waals surface area contributed by atoms with Crippen molar-refractivity contribution in [2.75, 3.05) is 11.9 Å². The van der Waals surface area contributed by atoms with Crippen LogP contribution in [0.25, 0.3) is 0 Å². The minimum Gasteiger partial charge on any atom is -0.383 e. The second-order valence-corrected chi connectivity index (χ2v) is 5.09. The van der Waals surface area contributed by atoms with E-state index in [9.17, 15) is 4.39 Å². The Labute approximate surface area is 106 Å². The summed E-state index contributed by atoms with van der Waals surface area (Å²) in [6.07, 6.45) is 1.61. The standard InChI is InChI=1S/C13H16ClFN2/c1-13(2,9-16)6-3-7-17-12-5-4-10(14)8-11(12)15/h4-5,8,17H,3,6-7H2,1-2H3. The summed E-state index contributed by atoms with van der Waals surface area (Å²) >= 11 is 5.65. The number of halogens is 2. The van der Waals surface area contributed by atoms with Gasteiger partial charge in [0.2, 0.25) is 0 Å². The van der Waals surface area contributed by atoms with Crippen LogP contribution in [0.4, 0.5) is 10.1 Å². The van der Waals surface area contributed by atoms with E-state index in [4.69, 9.17) is 16.9 Å². The van der Waals surface area contributed by atoms with Crippen LogP contribution >= 0.6 is 11.6 Å². The molecule has 0 bridgehead atoms. The molecule has 1 rings (SSSR count). The van der Waals surface area contributed by atoms with Crippen molar-refractivity contribution in [1.82, 2.24) is 0 Å². The third kappa shape index (κ3) is 4.62. The van der Waals surface area contributed by atoms with Crippen molar-refractivity contribution >= 4 is 17.3 Å². The van der Waals surface area contributed by atoms with Crippen LogP contribution in [0.1, 0.15) is 26.7 Å². The van der Waals surface area contributed by atoms with E-state index in [0.29, 0.717) is 17.3 Å². The van der Waals surface area contributed by atoms with Crippen molar-refractivity contribution in [2.24, 2.45) is 5.41 Å². The van der Waals surface area contributed by atoms with Crippen LogP contribution in [0.3, 0.4) is 0 Å². The van der Waals surface area contributed by atoms with Gasteiger partial charge in [0.1, 0.15) is 5.82 Å². The minimum absolute atomic E-state index is 0.319. The largest absolute Gasteiger partial charge is 0.383 e. The maximum atomic E-state index is 13.4. The molecule has 92 valence electrons. The number of rotatable bonds is 5. The fourth-order valence-corrected chi connectivity index (χ4v) is 1.60. The number of nitriles is 1. The van der Waals surface area contributed by atoms with Crippen molar-refractivity contribution in [3.8, 4) is 6.07 Å². The van der Waals surface area contributed by atoms with Crippen LogP contribution in [0.2, 0.25) is 5.02 Å². The van der Waals surface area contributed by atoms with Crippen LogP contribution < -0.4 is 5.32 Å². The van der Waals surface area contributed by atoms with Crippen molar-refractivity contribution in [1.29, 1.82) is 5.26 Å². The zero-order valence-corrected chi connectivity index (χ0v) is 10.8. The van der Waals surface area contributed by atoms with Gasteiger partial charge in [-0.05, 0) is 44.9 Å². The maximum absolute atomic E-state index is 13.4. The van der Waals surface area contributed by atoms with Gasteiger partial charge in [-0.2, -0.15) is 5.26 Å². The molecule has 0 aromatic heterocycles. The lowest BCUT2D eigenvalue weighted by Gasteiger charge is -2.15. The average molecular weight is 255 g/mol. The maximum Gasteiger partial charge on any atom is 0.147 e. The second-order valence-electron chi connectivity index (χ2n) is 4.65. The van der Waals surface area contributed by atoms with Gasteiger partial charge < -0.3 is 5.32 Å². The Morgan fingerprint density at radius 3 is 2.76 bits per heavy atom. The topological polar surface area (TPSA) is 35.8 Å². The highest BCUT2D eigenvalue weighted by atomic mass is 35.5. The molecule has 1 aromatic rings. The molecule has 4 heteroatoms. The summed E-state index contributed by atoms with van der Waals surface area (Å²) in [5.41, 5.74) is 0.129. The number of benzene rings is 1. The van der Waals surface area contributed by atoms with Crippen LogP contribution in [-0.2, 0) is 0 Å². The van der Waals surface area contributed by atoms with Gasteiger partial charge in [0.15, 0.2) is 0 Å². The van der Waals surface area contributed by atoms with Gasteiger partial charge in [-0.15, -0.1) is 0 Å². The first-order valence-electron chi connectivity index (χ1n) is 5.55. The summed E-state index contributed by atoms with van der Waals surface area (Å²) in [4.78, 5) is 0. The Bertz CT molecular complexity index is 424. The number of anilines is 1. The molecule has 17 heavy (non-hydrogen) atoms. The van der Waals surface area contributed by atoms with Crippen LogP contribution in [0, 0.1) is 22.6 Å². The van der Waals surface area contributed by atoms with E-state index >= 15 is 0 Å². The van der Waals surface area contributed by atoms with Crippen LogP contribution in [-0.4, -0.2) is 6.54 Å². The van der Waals surface area contributed by atoms with Gasteiger partial charge in [-0.25, -0.2) is 4.39 Å². The molecule has 0 saturated carbocycles. The number of hydrogen-bond donors (Lipinski definition) is 1. The van der Waals surface area contributed by atoms with E-state index in [0.717, 1.165) is 12.8 Å². The molecule has 0 aliphatic rings. The number of nitrogens with one attached hydrogen (secondary N) is 1. The van der Waals surface area contributed by atoms with Gasteiger partial charge in [0, 0.05) is 11.6 Å². The van der Waals surface area contributed by atoms with Gasteiger partial charge in [-0.3, -0.25) is 0 Å². The molecule has 0 radical (unpaired) electrons. The summed E-state index contributed by atoms with van der Waals surface area (Å²) < 4.78 is 13.4. The summed E-state index contributed by atoms with van der Waals surface area (Å²) in [6, 6.07) is 6.78. The van der Waals surface area contributed by atoms with E-state index in [1.807, 2.05) is 13.8 Å². The third-order valence-corrected chi connectivity index (χ3v) is 2.76. The predicted octanol–water partition coefficient (Wildman–Crippen LogP) is 4.22. The molecule has 0 unspecified atom stereocenters. The highest BCUT2D eigenvalue weighted by Gasteiger charge is 2.15. The highest BCUT2D eigenvalue weighted by molar-refractivity contribution is 6.30. The first-order chi connectivity index (χ1) is 7.94. The first-order valence-corrected chi connectivity index (χ1v) is 5.92. The molecule has 1 N–H and O–H groups in total. The Kier molecular flexibility index (Phi) is 4.77. The lowest BCUT2D eigenvalue weighted by Crippen LogP contribution is -2.11. The van der Waals surface area contributed by atoms with Crippen molar-refractivity contribution in [3.05, 3.63) is 29.0 Å². The van der Waals surface area contributed by atoms with E-state index in [-0.39, 0.29) is 11.2 Å². The van der Waals surface area contributed by atoms with E-state index in [1.54, 1.807) is 12.1 Å². The minimum atomic E-state index is -0.350. The summed E-state index contributed by atoms with van der Waals surface area (Å²) in [7, 11) is 0. The van der Waals surface area contributed by atoms with Gasteiger partial charge >= 0.3 is 0 Å². The quantitative estimate of drug-likeness (QED) is 0.799. The fourth-order valence-electron chi connectivity index (χ4n) is 1.44. The number of hydrogen-bond acceptors (Lipinski definition) is 2. The highest BCUT2D eigenvalue weighted by Crippen LogP contribution is 2.22. The Hall–Kier alpha value is -1.27. The van der Waals surface area contributed by atoms with Gasteiger partial charge in [0.05, 0.1) is 17.2 Å². The van der Waals surface area contributed by atoms with Crippen LogP contribution in [0.15, 0.2) is 18.2 Å². The summed E-state index contributed by atoms with van der Waals surface area (Å²) in [5.74, 6) is -0.350. The Balaban J connectivity index is 2.39. The van der Waals surface area contributed by atoms with E-state index < -0.39 is 0 Å². The SMILES string of the molecule is CC(C)(C#N)CCCNc1ccc(Cl)cc1F. The van der Waals surface area contributed by atoms with Gasteiger partial charge in [-0.1, -0.05) is 11.6 Å². The monoisotopic (exact) mass is 254 g/mol. The van der Waals surface area contributed by atoms with Crippen molar-refractivity contribution in [2.45, 2.75) is 26.7 Å². The van der Waals surface area contributed by atoms with Gasteiger partial charge in [0.25, 0.3) is 0 Å². The molecule has 0 aliphatic heterocycles. The third-order valence-electron chi connectivity index (χ3n) is 2.53. The van der Waals surface area contributed by atoms with Crippen molar-refractivity contribution in [3.63, 3.8) is 0 Å². The molecular formula is C13H16ClFN2. The summed E-state index contributed by atoms with van der Waals surface area (Å²) in [6.45, 7) is 4.44.